The summed E-state index contributed by atoms with van der Waals surface area (Å²) < 4.78 is 0. The lowest BCUT2D eigenvalue weighted by atomic mass is 9.85. The monoisotopic (exact) mass is 738 g/mol. The smallest absolute Gasteiger partial charge is 0.0624 e. The van der Waals surface area contributed by atoms with Crippen molar-refractivity contribution < 1.29 is 0 Å². The molecule has 0 aliphatic carbocycles. The number of benzene rings is 4. The SMILES string of the molecule is CC(C)C(CC#N)Cc1ccccc1.CC(C)C(CCC#N)Cc1ccccc1.CC(C)C(CCC#N)c1ccccc1.CCC(c1ccccc1)C(C)C. The fourth-order valence-corrected chi connectivity index (χ4v) is 7.01. The number of nitrogens with zero attached hydrogens (tertiary/aromatic N) is 3. The van der Waals surface area contributed by atoms with Crippen LogP contribution in [0.25, 0.3) is 0 Å². The first kappa shape index (κ1) is 48.4. The first-order chi connectivity index (χ1) is 26.5. The van der Waals surface area contributed by atoms with Gasteiger partial charge in [0, 0.05) is 19.3 Å². The average molecular weight is 738 g/mol. The zero-order valence-electron chi connectivity index (χ0n) is 35.7. The Balaban J connectivity index is 0.000000368. The van der Waals surface area contributed by atoms with Crippen LogP contribution in [-0.4, -0.2) is 0 Å². The highest BCUT2D eigenvalue weighted by Crippen LogP contribution is 2.29. The van der Waals surface area contributed by atoms with Gasteiger partial charge < -0.3 is 0 Å². The van der Waals surface area contributed by atoms with Gasteiger partial charge >= 0.3 is 0 Å². The molecule has 0 bridgehead atoms. The standard InChI is InChI=1S/C14H19N.2C13H17N.C12H18/c1-12(2)14(9-6-10-15)11-13-7-4-3-5-8-13;1-11(2)13(9-6-10-14)12-7-4-3-5-8-12;1-11(2)13(8-9-14)10-12-6-4-3-5-7-12;1-4-12(10(2)3)11-8-6-5-7-9-11/h3-5,7-8,12,14H,6,9,11H2,1-2H3;3-5,7-8,11,13H,6,9H2,1-2H3;3-7,11,13H,8,10H2,1-2H3;5-10,12H,4H2,1-3H3. The van der Waals surface area contributed by atoms with E-state index in [4.69, 9.17) is 15.8 Å². The van der Waals surface area contributed by atoms with Crippen molar-refractivity contribution in [2.24, 2.45) is 35.5 Å². The summed E-state index contributed by atoms with van der Waals surface area (Å²) in [5, 5.41) is 25.9. The zero-order chi connectivity index (χ0) is 40.8. The van der Waals surface area contributed by atoms with Crippen molar-refractivity contribution in [1.82, 2.24) is 0 Å². The molecule has 3 nitrogen and oxygen atoms in total. The van der Waals surface area contributed by atoms with Crippen LogP contribution in [0.4, 0.5) is 0 Å². The van der Waals surface area contributed by atoms with E-state index in [9.17, 15) is 0 Å². The van der Waals surface area contributed by atoms with Gasteiger partial charge in [-0.1, -0.05) is 184 Å². The van der Waals surface area contributed by atoms with Crippen LogP contribution in [0.2, 0.25) is 0 Å². The summed E-state index contributed by atoms with van der Waals surface area (Å²) in [7, 11) is 0. The third-order valence-corrected chi connectivity index (χ3v) is 10.6. The van der Waals surface area contributed by atoms with Gasteiger partial charge in [-0.3, -0.25) is 0 Å². The van der Waals surface area contributed by atoms with Crippen LogP contribution >= 0.6 is 0 Å². The van der Waals surface area contributed by atoms with Crippen molar-refractivity contribution >= 4 is 0 Å². The third kappa shape index (κ3) is 21.1. The molecule has 0 aromatic heterocycles. The maximum Gasteiger partial charge on any atom is 0.0624 e. The number of hydrogen-bond donors (Lipinski definition) is 0. The molecule has 0 aliphatic heterocycles. The van der Waals surface area contributed by atoms with E-state index in [0.29, 0.717) is 54.8 Å². The van der Waals surface area contributed by atoms with Gasteiger partial charge in [-0.15, -0.1) is 0 Å². The van der Waals surface area contributed by atoms with Crippen LogP contribution in [0.3, 0.4) is 0 Å². The van der Waals surface area contributed by atoms with E-state index in [1.165, 1.54) is 28.7 Å². The Hall–Kier alpha value is -4.65. The summed E-state index contributed by atoms with van der Waals surface area (Å²) in [6.45, 7) is 20.1. The molecule has 0 saturated carbocycles. The van der Waals surface area contributed by atoms with Gasteiger partial charge in [0.15, 0.2) is 0 Å². The van der Waals surface area contributed by atoms with Gasteiger partial charge in [0.05, 0.1) is 18.2 Å². The van der Waals surface area contributed by atoms with Gasteiger partial charge in [-0.05, 0) is 102 Å². The first-order valence-electron chi connectivity index (χ1n) is 20.8. The lowest BCUT2D eigenvalue weighted by molar-refractivity contribution is 0.361. The Morgan fingerprint density at radius 3 is 1.13 bits per heavy atom. The van der Waals surface area contributed by atoms with Crippen LogP contribution < -0.4 is 0 Å². The molecule has 0 spiro atoms. The van der Waals surface area contributed by atoms with Gasteiger partial charge in [-0.25, -0.2) is 0 Å². The summed E-state index contributed by atoms with van der Waals surface area (Å²) in [4.78, 5) is 0. The molecule has 0 N–H and O–H groups in total. The Morgan fingerprint density at radius 2 is 0.782 bits per heavy atom. The Kier molecular flexibility index (Phi) is 26.1. The van der Waals surface area contributed by atoms with Gasteiger partial charge in [0.25, 0.3) is 0 Å². The lowest BCUT2D eigenvalue weighted by Gasteiger charge is -2.19. The van der Waals surface area contributed by atoms with Crippen molar-refractivity contribution in [2.45, 2.75) is 126 Å². The average Bonchev–Trinajstić information content (AvgIpc) is 3.19. The third-order valence-electron chi connectivity index (χ3n) is 10.6. The quantitative estimate of drug-likeness (QED) is 0.115. The van der Waals surface area contributed by atoms with Crippen molar-refractivity contribution in [1.29, 1.82) is 15.8 Å². The van der Waals surface area contributed by atoms with Gasteiger partial charge in [0.1, 0.15) is 0 Å². The lowest BCUT2D eigenvalue weighted by Crippen LogP contribution is -2.11. The number of hydrogen-bond acceptors (Lipinski definition) is 3. The van der Waals surface area contributed by atoms with E-state index in [2.05, 4.69) is 184 Å². The first-order valence-corrected chi connectivity index (χ1v) is 20.8. The fraction of sp³-hybridized carbons (Fsp3) is 0.481. The molecule has 294 valence electrons. The molecule has 0 heterocycles. The minimum atomic E-state index is 0.488. The van der Waals surface area contributed by atoms with Crippen molar-refractivity contribution in [3.05, 3.63) is 144 Å². The van der Waals surface area contributed by atoms with E-state index in [-0.39, 0.29) is 0 Å². The Bertz CT molecular complexity index is 1610. The molecular weight excluding hydrogens is 667 g/mol. The van der Waals surface area contributed by atoms with E-state index >= 15 is 0 Å². The Morgan fingerprint density at radius 1 is 0.418 bits per heavy atom. The molecular formula is C52H71N3. The van der Waals surface area contributed by atoms with Crippen LogP contribution in [0, 0.1) is 69.5 Å². The van der Waals surface area contributed by atoms with E-state index < -0.39 is 0 Å². The van der Waals surface area contributed by atoms with Gasteiger partial charge in [0.2, 0.25) is 0 Å². The summed E-state index contributed by atoms with van der Waals surface area (Å²) in [6, 6.07) is 48.9. The highest BCUT2D eigenvalue weighted by atomic mass is 14.3. The predicted octanol–water partition coefficient (Wildman–Crippen LogP) is 14.8. The maximum absolute atomic E-state index is 8.71. The molecule has 0 saturated heterocycles. The van der Waals surface area contributed by atoms with E-state index in [0.717, 1.165) is 37.5 Å². The zero-order valence-corrected chi connectivity index (χ0v) is 35.7. The number of nitriles is 3. The molecule has 0 fully saturated rings. The van der Waals surface area contributed by atoms with Crippen LogP contribution in [-0.2, 0) is 12.8 Å². The molecule has 4 rings (SSSR count). The summed E-state index contributed by atoms with van der Waals surface area (Å²) in [5.74, 6) is 4.95. The highest BCUT2D eigenvalue weighted by Gasteiger charge is 2.16. The minimum absolute atomic E-state index is 0.488. The molecule has 55 heavy (non-hydrogen) atoms. The molecule has 4 atom stereocenters. The van der Waals surface area contributed by atoms with Crippen LogP contribution in [0.1, 0.15) is 135 Å². The second-order valence-corrected chi connectivity index (χ2v) is 16.1. The summed E-state index contributed by atoms with van der Waals surface area (Å²) in [6.07, 6.45) is 7.33. The number of rotatable bonds is 16. The van der Waals surface area contributed by atoms with Crippen LogP contribution in [0.15, 0.2) is 121 Å². The van der Waals surface area contributed by atoms with Crippen LogP contribution in [0.5, 0.6) is 0 Å². The van der Waals surface area contributed by atoms with E-state index in [1.54, 1.807) is 0 Å². The normalized spacial score (nSPS) is 12.6. The second-order valence-electron chi connectivity index (χ2n) is 16.1. The molecule has 0 radical (unpaired) electrons. The second kappa shape index (κ2) is 29.7. The molecule has 3 heteroatoms. The maximum atomic E-state index is 8.71. The Labute approximate surface area is 337 Å². The molecule has 4 unspecified atom stereocenters. The van der Waals surface area contributed by atoms with Crippen molar-refractivity contribution in [3.63, 3.8) is 0 Å². The van der Waals surface area contributed by atoms with Gasteiger partial charge in [-0.2, -0.15) is 15.8 Å². The highest BCUT2D eigenvalue weighted by molar-refractivity contribution is 5.21. The topological polar surface area (TPSA) is 71.4 Å². The van der Waals surface area contributed by atoms with Crippen molar-refractivity contribution in [2.75, 3.05) is 0 Å². The summed E-state index contributed by atoms with van der Waals surface area (Å²) in [5.41, 5.74) is 5.56. The summed E-state index contributed by atoms with van der Waals surface area (Å²) >= 11 is 0. The fourth-order valence-electron chi connectivity index (χ4n) is 7.01. The van der Waals surface area contributed by atoms with E-state index in [1.807, 2.05) is 18.2 Å². The largest absolute Gasteiger partial charge is 0.198 e. The minimum Gasteiger partial charge on any atom is -0.198 e. The predicted molar refractivity (Wildman–Crippen MR) is 235 cm³/mol. The molecule has 4 aromatic rings. The van der Waals surface area contributed by atoms with Crippen molar-refractivity contribution in [3.8, 4) is 18.2 Å². The molecule has 0 amide bonds. The molecule has 4 aromatic carbocycles. The molecule has 0 aliphatic rings.